The molecule has 0 bridgehead atoms. The summed E-state index contributed by atoms with van der Waals surface area (Å²) in [6.45, 7) is 5.53. The Morgan fingerprint density at radius 2 is 1.80 bits per heavy atom. The van der Waals surface area contributed by atoms with Crippen LogP contribution in [0.25, 0.3) is 22.4 Å². The second kappa shape index (κ2) is 10.7. The third kappa shape index (κ3) is 6.55. The van der Waals surface area contributed by atoms with E-state index in [1.807, 2.05) is 37.4 Å². The first-order valence-electron chi connectivity index (χ1n) is 12.2. The second-order valence-corrected chi connectivity index (χ2v) is 10.9. The minimum atomic E-state index is -0.403. The maximum absolute atomic E-state index is 12.8. The molecule has 0 atom stereocenters. The van der Waals surface area contributed by atoms with Crippen molar-refractivity contribution in [3.63, 3.8) is 0 Å². The summed E-state index contributed by atoms with van der Waals surface area (Å²) < 4.78 is 0. The number of carbonyl (C=O) groups excluding carboxylic acids is 2. The van der Waals surface area contributed by atoms with Gasteiger partial charge in [0.05, 0.1) is 17.6 Å². The highest BCUT2D eigenvalue weighted by atomic mass is 32.1. The van der Waals surface area contributed by atoms with E-state index in [2.05, 4.69) is 34.2 Å². The van der Waals surface area contributed by atoms with Crippen molar-refractivity contribution < 1.29 is 9.59 Å². The number of pyridine rings is 1. The van der Waals surface area contributed by atoms with Crippen LogP contribution in [0.4, 0.5) is 5.69 Å². The Kier molecular flexibility index (Phi) is 7.67. The fourth-order valence-electron chi connectivity index (χ4n) is 4.73. The summed E-state index contributed by atoms with van der Waals surface area (Å²) >= 11 is 1.63. The van der Waals surface area contributed by atoms with E-state index in [0.717, 1.165) is 53.6 Å². The lowest BCUT2D eigenvalue weighted by Crippen LogP contribution is -2.36. The smallest absolute Gasteiger partial charge is 0.224 e. The molecule has 1 aliphatic carbocycles. The van der Waals surface area contributed by atoms with Gasteiger partial charge in [0.2, 0.25) is 11.8 Å². The summed E-state index contributed by atoms with van der Waals surface area (Å²) in [6.07, 6.45) is 5.97. The van der Waals surface area contributed by atoms with Crippen LogP contribution in [0.15, 0.2) is 53.4 Å². The molecule has 2 heterocycles. The maximum atomic E-state index is 12.8. The van der Waals surface area contributed by atoms with Crippen molar-refractivity contribution in [2.75, 3.05) is 5.32 Å². The lowest BCUT2D eigenvalue weighted by molar-refractivity contribution is -0.120. The Bertz CT molecular complexity index is 1160. The van der Waals surface area contributed by atoms with Gasteiger partial charge >= 0.3 is 0 Å². The number of amides is 2. The van der Waals surface area contributed by atoms with Crippen molar-refractivity contribution in [3.8, 4) is 22.4 Å². The molecule has 7 heteroatoms. The van der Waals surface area contributed by atoms with Crippen LogP contribution in [0, 0.1) is 5.92 Å². The highest BCUT2D eigenvalue weighted by Gasteiger charge is 2.24. The molecule has 1 aliphatic rings. The number of aromatic nitrogens is 1. The number of rotatable bonds is 7. The van der Waals surface area contributed by atoms with E-state index >= 15 is 0 Å². The lowest BCUT2D eigenvalue weighted by atomic mass is 9.84. The second-order valence-electron chi connectivity index (χ2n) is 10.1. The molecule has 184 valence electrons. The molecular weight excluding hydrogens is 456 g/mol. The molecule has 3 aromatic rings. The summed E-state index contributed by atoms with van der Waals surface area (Å²) in [5, 5.41) is 10.2. The number of nitrogens with two attached hydrogens (primary N) is 1. The van der Waals surface area contributed by atoms with Crippen LogP contribution in [0.3, 0.4) is 0 Å². The Hall–Kier alpha value is -3.03. The number of thiophene rings is 1. The van der Waals surface area contributed by atoms with Gasteiger partial charge in [0.25, 0.3) is 0 Å². The van der Waals surface area contributed by atoms with Crippen molar-refractivity contribution in [2.45, 2.75) is 64.5 Å². The molecule has 0 aliphatic heterocycles. The fraction of sp³-hybridized carbons (Fsp3) is 0.393. The van der Waals surface area contributed by atoms with Crippen LogP contribution >= 0.6 is 11.3 Å². The van der Waals surface area contributed by atoms with Gasteiger partial charge in [-0.3, -0.25) is 14.6 Å². The van der Waals surface area contributed by atoms with Crippen LogP contribution in [0.2, 0.25) is 0 Å². The fourth-order valence-corrected chi connectivity index (χ4v) is 5.39. The van der Waals surface area contributed by atoms with Gasteiger partial charge in [0.15, 0.2) is 0 Å². The van der Waals surface area contributed by atoms with Crippen LogP contribution in [0.5, 0.6) is 0 Å². The molecular formula is C28H34N4O2S. The highest BCUT2D eigenvalue weighted by molar-refractivity contribution is 7.08. The number of carbonyl (C=O) groups is 2. The Labute approximate surface area is 211 Å². The van der Waals surface area contributed by atoms with Crippen LogP contribution < -0.4 is 16.4 Å². The summed E-state index contributed by atoms with van der Waals surface area (Å²) in [6, 6.07) is 12.5. The maximum Gasteiger partial charge on any atom is 0.224 e. The van der Waals surface area contributed by atoms with E-state index in [1.54, 1.807) is 24.5 Å². The monoisotopic (exact) mass is 490 g/mol. The number of hydrogen-bond acceptors (Lipinski definition) is 5. The zero-order valence-corrected chi connectivity index (χ0v) is 21.5. The van der Waals surface area contributed by atoms with Gasteiger partial charge in [-0.05, 0) is 79.5 Å². The average molecular weight is 491 g/mol. The van der Waals surface area contributed by atoms with Gasteiger partial charge in [0, 0.05) is 36.1 Å². The SMILES string of the molecule is CC(=O)NC1CCC(CC(=O)Nc2cnc(-c3ccc(C(C)(C)N)cc3)c(-c3ccsc3)c2)CC1. The number of nitrogens with one attached hydrogen (secondary N) is 2. The van der Waals surface area contributed by atoms with E-state index in [4.69, 9.17) is 10.7 Å². The molecule has 6 nitrogen and oxygen atoms in total. The summed E-state index contributed by atoms with van der Waals surface area (Å²) in [5.41, 5.74) is 11.5. The summed E-state index contributed by atoms with van der Waals surface area (Å²) in [7, 11) is 0. The molecule has 1 aromatic carbocycles. The van der Waals surface area contributed by atoms with E-state index < -0.39 is 5.54 Å². The molecule has 1 fully saturated rings. The van der Waals surface area contributed by atoms with E-state index in [0.29, 0.717) is 18.0 Å². The molecule has 4 N–H and O–H groups in total. The molecule has 2 aromatic heterocycles. The average Bonchev–Trinajstić information content (AvgIpc) is 3.34. The molecule has 4 rings (SSSR count). The van der Waals surface area contributed by atoms with Crippen LogP contribution in [-0.2, 0) is 15.1 Å². The molecule has 0 unspecified atom stereocenters. The van der Waals surface area contributed by atoms with Gasteiger partial charge in [0.1, 0.15) is 0 Å². The Morgan fingerprint density at radius 1 is 1.09 bits per heavy atom. The molecule has 0 saturated heterocycles. The normalized spacial score (nSPS) is 18.2. The van der Waals surface area contributed by atoms with E-state index in [-0.39, 0.29) is 17.9 Å². The minimum Gasteiger partial charge on any atom is -0.354 e. The standard InChI is InChI=1S/C28H34N4O2S/c1-18(33)31-23-10-4-19(5-11-23)14-26(34)32-24-15-25(21-12-13-35-17-21)27(30-16-24)20-6-8-22(9-7-20)28(2,3)29/h6-9,12-13,15-17,19,23H,4-5,10-11,14,29H2,1-3H3,(H,31,33)(H,32,34). The van der Waals surface area contributed by atoms with Crippen molar-refractivity contribution >= 4 is 28.8 Å². The lowest BCUT2D eigenvalue weighted by Gasteiger charge is -2.28. The zero-order chi connectivity index (χ0) is 25.0. The zero-order valence-electron chi connectivity index (χ0n) is 20.6. The third-order valence-electron chi connectivity index (χ3n) is 6.63. The van der Waals surface area contributed by atoms with Crippen molar-refractivity contribution in [1.29, 1.82) is 0 Å². The predicted octanol–water partition coefficient (Wildman–Crippen LogP) is 5.69. The van der Waals surface area contributed by atoms with E-state index in [9.17, 15) is 9.59 Å². The highest BCUT2D eigenvalue weighted by Crippen LogP contribution is 2.35. The largest absolute Gasteiger partial charge is 0.354 e. The summed E-state index contributed by atoms with van der Waals surface area (Å²) in [4.78, 5) is 28.8. The van der Waals surface area contributed by atoms with Gasteiger partial charge in [-0.15, -0.1) is 0 Å². The van der Waals surface area contributed by atoms with Gasteiger partial charge in [-0.2, -0.15) is 11.3 Å². The topological polar surface area (TPSA) is 97.1 Å². The Morgan fingerprint density at radius 3 is 2.40 bits per heavy atom. The minimum absolute atomic E-state index is 0.00771. The number of anilines is 1. The molecule has 35 heavy (non-hydrogen) atoms. The first-order chi connectivity index (χ1) is 16.7. The van der Waals surface area contributed by atoms with Gasteiger partial charge in [-0.1, -0.05) is 24.3 Å². The Balaban J connectivity index is 1.47. The molecule has 1 saturated carbocycles. The van der Waals surface area contributed by atoms with E-state index in [1.165, 1.54) is 0 Å². The van der Waals surface area contributed by atoms with Gasteiger partial charge in [-0.25, -0.2) is 0 Å². The molecule has 0 radical (unpaired) electrons. The third-order valence-corrected chi connectivity index (χ3v) is 7.32. The van der Waals surface area contributed by atoms with Crippen molar-refractivity contribution in [3.05, 3.63) is 58.9 Å². The van der Waals surface area contributed by atoms with Crippen LogP contribution in [-0.4, -0.2) is 22.8 Å². The number of nitrogens with zero attached hydrogens (tertiary/aromatic N) is 1. The quantitative estimate of drug-likeness (QED) is 0.396. The predicted molar refractivity (Wildman–Crippen MR) is 143 cm³/mol. The molecule has 0 spiro atoms. The van der Waals surface area contributed by atoms with Crippen molar-refractivity contribution in [1.82, 2.24) is 10.3 Å². The van der Waals surface area contributed by atoms with Crippen LogP contribution in [0.1, 0.15) is 58.4 Å². The number of hydrogen-bond donors (Lipinski definition) is 3. The van der Waals surface area contributed by atoms with Crippen molar-refractivity contribution in [2.24, 2.45) is 11.7 Å². The first-order valence-corrected chi connectivity index (χ1v) is 13.1. The molecule has 2 amide bonds. The number of benzene rings is 1. The van der Waals surface area contributed by atoms with Gasteiger partial charge < -0.3 is 16.4 Å². The first kappa shape index (κ1) is 25.1. The summed E-state index contributed by atoms with van der Waals surface area (Å²) in [5.74, 6) is 0.366.